The zero-order chi connectivity index (χ0) is 8.97. The molecule has 0 radical (unpaired) electrons. The van der Waals surface area contributed by atoms with Gasteiger partial charge in [0, 0.05) is 18.8 Å². The van der Waals surface area contributed by atoms with Crippen LogP contribution in [0.5, 0.6) is 0 Å². The normalized spacial score (nSPS) is 9.92. The summed E-state index contributed by atoms with van der Waals surface area (Å²) in [5.41, 5.74) is 6.99. The van der Waals surface area contributed by atoms with Crippen LogP contribution in [0, 0.1) is 5.82 Å². The summed E-state index contributed by atoms with van der Waals surface area (Å²) < 4.78 is 12.8. The molecule has 0 amide bonds. The van der Waals surface area contributed by atoms with Gasteiger partial charge in [-0.05, 0) is 30.7 Å². The average molecular weight is 168 g/mol. The van der Waals surface area contributed by atoms with Crippen molar-refractivity contribution in [3.8, 4) is 0 Å². The van der Waals surface area contributed by atoms with Gasteiger partial charge in [-0.25, -0.2) is 4.39 Å². The Morgan fingerprint density at radius 2 is 2.17 bits per heavy atom. The topological polar surface area (TPSA) is 38.0 Å². The highest BCUT2D eigenvalue weighted by Crippen LogP contribution is 2.13. The van der Waals surface area contributed by atoms with E-state index < -0.39 is 0 Å². The first kappa shape index (κ1) is 9.00. The van der Waals surface area contributed by atoms with Crippen LogP contribution in [0.3, 0.4) is 0 Å². The Hall–Kier alpha value is -1.09. The number of nitrogens with two attached hydrogens (primary N) is 1. The SMILES string of the molecule is CCNc1cc(F)cc(CN)c1. The predicted molar refractivity (Wildman–Crippen MR) is 48.5 cm³/mol. The Kier molecular flexibility index (Phi) is 3.05. The Morgan fingerprint density at radius 1 is 1.42 bits per heavy atom. The van der Waals surface area contributed by atoms with Crippen LogP contribution in [0.15, 0.2) is 18.2 Å². The first-order valence-corrected chi connectivity index (χ1v) is 3.99. The van der Waals surface area contributed by atoms with E-state index in [0.717, 1.165) is 17.8 Å². The molecule has 0 bridgehead atoms. The summed E-state index contributed by atoms with van der Waals surface area (Å²) >= 11 is 0. The summed E-state index contributed by atoms with van der Waals surface area (Å²) in [5.74, 6) is -0.242. The molecule has 66 valence electrons. The van der Waals surface area contributed by atoms with Crippen molar-refractivity contribution in [1.29, 1.82) is 0 Å². The van der Waals surface area contributed by atoms with Gasteiger partial charge < -0.3 is 11.1 Å². The molecule has 0 saturated carbocycles. The minimum Gasteiger partial charge on any atom is -0.385 e. The third-order valence-corrected chi connectivity index (χ3v) is 1.57. The average Bonchev–Trinajstić information content (AvgIpc) is 2.04. The van der Waals surface area contributed by atoms with Gasteiger partial charge in [0.25, 0.3) is 0 Å². The summed E-state index contributed by atoms with van der Waals surface area (Å²) in [6.45, 7) is 3.12. The van der Waals surface area contributed by atoms with Crippen molar-refractivity contribution < 1.29 is 4.39 Å². The molecule has 2 nitrogen and oxygen atoms in total. The molecule has 1 aromatic rings. The van der Waals surface area contributed by atoms with Gasteiger partial charge in [-0.1, -0.05) is 0 Å². The van der Waals surface area contributed by atoms with Gasteiger partial charge in [-0.3, -0.25) is 0 Å². The lowest BCUT2D eigenvalue weighted by molar-refractivity contribution is 0.626. The molecule has 0 aliphatic rings. The summed E-state index contributed by atoms with van der Waals surface area (Å²) in [4.78, 5) is 0. The Balaban J connectivity index is 2.90. The third-order valence-electron chi connectivity index (χ3n) is 1.57. The van der Waals surface area contributed by atoms with Gasteiger partial charge in [-0.2, -0.15) is 0 Å². The second kappa shape index (κ2) is 4.07. The van der Waals surface area contributed by atoms with Gasteiger partial charge in [0.1, 0.15) is 5.82 Å². The molecule has 0 heterocycles. The molecule has 3 N–H and O–H groups in total. The van der Waals surface area contributed by atoms with Crippen molar-refractivity contribution in [2.75, 3.05) is 11.9 Å². The van der Waals surface area contributed by atoms with Gasteiger partial charge in [0.2, 0.25) is 0 Å². The van der Waals surface area contributed by atoms with Gasteiger partial charge in [-0.15, -0.1) is 0 Å². The molecule has 0 saturated heterocycles. The molecule has 0 spiro atoms. The maximum Gasteiger partial charge on any atom is 0.125 e. The van der Waals surface area contributed by atoms with Crippen molar-refractivity contribution in [3.05, 3.63) is 29.6 Å². The highest BCUT2D eigenvalue weighted by molar-refractivity contribution is 5.46. The Morgan fingerprint density at radius 3 is 2.75 bits per heavy atom. The molecule has 1 aromatic carbocycles. The maximum atomic E-state index is 12.8. The van der Waals surface area contributed by atoms with Crippen LogP contribution in [0.25, 0.3) is 0 Å². The molecule has 0 aliphatic carbocycles. The number of hydrogen-bond donors (Lipinski definition) is 2. The second-order valence-electron chi connectivity index (χ2n) is 2.58. The Labute approximate surface area is 71.6 Å². The molecular weight excluding hydrogens is 155 g/mol. The van der Waals surface area contributed by atoms with Crippen LogP contribution >= 0.6 is 0 Å². The van der Waals surface area contributed by atoms with E-state index in [1.54, 1.807) is 0 Å². The lowest BCUT2D eigenvalue weighted by Crippen LogP contribution is -2.01. The van der Waals surface area contributed by atoms with Crippen LogP contribution in [0.1, 0.15) is 12.5 Å². The first-order chi connectivity index (χ1) is 5.76. The number of anilines is 1. The van der Waals surface area contributed by atoms with E-state index in [-0.39, 0.29) is 5.82 Å². The lowest BCUT2D eigenvalue weighted by atomic mass is 10.2. The standard InChI is InChI=1S/C9H13FN2/c1-2-12-9-4-7(6-11)3-8(10)5-9/h3-5,12H,2,6,11H2,1H3. The number of halogens is 1. The molecule has 1 rings (SSSR count). The van der Waals surface area contributed by atoms with Crippen LogP contribution in [-0.2, 0) is 6.54 Å². The molecule has 0 aliphatic heterocycles. The van der Waals surface area contributed by atoms with E-state index in [0.29, 0.717) is 6.54 Å². The van der Waals surface area contributed by atoms with E-state index >= 15 is 0 Å². The third kappa shape index (κ3) is 2.20. The summed E-state index contributed by atoms with van der Waals surface area (Å²) in [7, 11) is 0. The highest BCUT2D eigenvalue weighted by atomic mass is 19.1. The van der Waals surface area contributed by atoms with E-state index in [9.17, 15) is 4.39 Å². The van der Waals surface area contributed by atoms with E-state index in [1.165, 1.54) is 12.1 Å². The minimum absolute atomic E-state index is 0.242. The summed E-state index contributed by atoms with van der Waals surface area (Å²) in [6, 6.07) is 4.76. The number of nitrogens with one attached hydrogen (secondary N) is 1. The van der Waals surface area contributed by atoms with Crippen molar-refractivity contribution in [2.45, 2.75) is 13.5 Å². The zero-order valence-electron chi connectivity index (χ0n) is 7.10. The molecule has 0 unspecified atom stereocenters. The van der Waals surface area contributed by atoms with Crippen molar-refractivity contribution in [3.63, 3.8) is 0 Å². The van der Waals surface area contributed by atoms with Crippen molar-refractivity contribution in [1.82, 2.24) is 0 Å². The van der Waals surface area contributed by atoms with Gasteiger partial charge >= 0.3 is 0 Å². The minimum atomic E-state index is -0.242. The fraction of sp³-hybridized carbons (Fsp3) is 0.333. The molecule has 12 heavy (non-hydrogen) atoms. The molecule has 0 fully saturated rings. The molecule has 0 aromatic heterocycles. The van der Waals surface area contributed by atoms with Crippen LogP contribution < -0.4 is 11.1 Å². The first-order valence-electron chi connectivity index (χ1n) is 3.99. The maximum absolute atomic E-state index is 12.8. The van der Waals surface area contributed by atoms with Gasteiger partial charge in [0.15, 0.2) is 0 Å². The smallest absolute Gasteiger partial charge is 0.125 e. The summed E-state index contributed by atoms with van der Waals surface area (Å²) in [6.07, 6.45) is 0. The van der Waals surface area contributed by atoms with Crippen LogP contribution in [0.2, 0.25) is 0 Å². The van der Waals surface area contributed by atoms with Crippen LogP contribution in [-0.4, -0.2) is 6.54 Å². The zero-order valence-corrected chi connectivity index (χ0v) is 7.10. The number of rotatable bonds is 3. The van der Waals surface area contributed by atoms with Crippen molar-refractivity contribution in [2.24, 2.45) is 5.73 Å². The fourth-order valence-corrected chi connectivity index (χ4v) is 1.07. The van der Waals surface area contributed by atoms with E-state index in [4.69, 9.17) is 5.73 Å². The summed E-state index contributed by atoms with van der Waals surface area (Å²) in [5, 5.41) is 3.03. The quantitative estimate of drug-likeness (QED) is 0.721. The number of benzene rings is 1. The molecular formula is C9H13FN2. The van der Waals surface area contributed by atoms with E-state index in [2.05, 4.69) is 5.32 Å². The van der Waals surface area contributed by atoms with Crippen LogP contribution in [0.4, 0.5) is 10.1 Å². The number of hydrogen-bond acceptors (Lipinski definition) is 2. The molecule has 3 heteroatoms. The highest BCUT2D eigenvalue weighted by Gasteiger charge is 1.97. The largest absolute Gasteiger partial charge is 0.385 e. The predicted octanol–water partition coefficient (Wildman–Crippen LogP) is 1.72. The van der Waals surface area contributed by atoms with E-state index in [1.807, 2.05) is 13.0 Å². The molecule has 0 atom stereocenters. The second-order valence-corrected chi connectivity index (χ2v) is 2.58. The van der Waals surface area contributed by atoms with Crippen molar-refractivity contribution >= 4 is 5.69 Å². The fourth-order valence-electron chi connectivity index (χ4n) is 1.07. The lowest BCUT2D eigenvalue weighted by Gasteiger charge is -2.05. The Bertz CT molecular complexity index is 261. The monoisotopic (exact) mass is 168 g/mol. The van der Waals surface area contributed by atoms with Gasteiger partial charge in [0.05, 0.1) is 0 Å².